The van der Waals surface area contributed by atoms with Gasteiger partial charge in [-0.1, -0.05) is 12.1 Å². The molecule has 0 fully saturated rings. The van der Waals surface area contributed by atoms with Crippen molar-refractivity contribution in [1.29, 1.82) is 0 Å². The van der Waals surface area contributed by atoms with Gasteiger partial charge in [0.25, 0.3) is 5.56 Å². The van der Waals surface area contributed by atoms with Gasteiger partial charge >= 0.3 is 5.97 Å². The summed E-state index contributed by atoms with van der Waals surface area (Å²) in [4.78, 5) is 41.8. The molecular weight excluding hydrogens is 276 g/mol. The molecule has 0 spiro atoms. The molecule has 0 saturated carbocycles. The van der Waals surface area contributed by atoms with Crippen molar-refractivity contribution >= 4 is 22.9 Å². The van der Waals surface area contributed by atoms with E-state index in [0.717, 1.165) is 0 Å². The van der Waals surface area contributed by atoms with E-state index in [9.17, 15) is 14.4 Å². The van der Waals surface area contributed by atoms with E-state index in [1.807, 2.05) is 0 Å². The van der Waals surface area contributed by atoms with Crippen molar-refractivity contribution in [3.8, 4) is 0 Å². The number of nitrogens with one attached hydrogen (secondary N) is 1. The first-order chi connectivity index (χ1) is 9.95. The van der Waals surface area contributed by atoms with Gasteiger partial charge in [-0.15, -0.1) is 0 Å². The van der Waals surface area contributed by atoms with Crippen LogP contribution in [0.25, 0.3) is 11.0 Å². The number of amides is 1. The van der Waals surface area contributed by atoms with Gasteiger partial charge in [0.2, 0.25) is 5.91 Å². The quantitative estimate of drug-likeness (QED) is 0.644. The van der Waals surface area contributed by atoms with Gasteiger partial charge in [-0.2, -0.15) is 0 Å². The maximum Gasteiger partial charge on any atom is 0.317 e. The van der Waals surface area contributed by atoms with E-state index >= 15 is 0 Å². The largest absolute Gasteiger partial charge is 0.480 e. The molecule has 0 saturated heterocycles. The Kier molecular flexibility index (Phi) is 4.29. The van der Waals surface area contributed by atoms with Crippen molar-refractivity contribution in [2.75, 3.05) is 13.1 Å². The highest BCUT2D eigenvalue weighted by molar-refractivity contribution is 5.77. The van der Waals surface area contributed by atoms with Crippen molar-refractivity contribution in [2.45, 2.75) is 6.54 Å². The zero-order chi connectivity index (χ0) is 15.4. The Morgan fingerprint density at radius 3 is 2.67 bits per heavy atom. The summed E-state index contributed by atoms with van der Waals surface area (Å²) in [5.74, 6) is -1.79. The fourth-order valence-electron chi connectivity index (χ4n) is 1.97. The highest BCUT2D eigenvalue weighted by Gasteiger charge is 2.16. The minimum Gasteiger partial charge on any atom is -0.480 e. The van der Waals surface area contributed by atoms with Crippen LogP contribution >= 0.6 is 0 Å². The number of nitrogens with two attached hydrogens (primary N) is 1. The number of nitrogens with zero attached hydrogens (tertiary/aromatic N) is 2. The van der Waals surface area contributed by atoms with Crippen LogP contribution in [0.2, 0.25) is 0 Å². The van der Waals surface area contributed by atoms with E-state index in [4.69, 9.17) is 10.8 Å². The number of benzene rings is 1. The lowest BCUT2D eigenvalue weighted by Gasteiger charge is -2.17. The molecule has 1 aromatic heterocycles. The number of carboxylic acids is 1. The van der Waals surface area contributed by atoms with Crippen LogP contribution in [0.4, 0.5) is 0 Å². The molecule has 1 aromatic carbocycles. The normalized spacial score (nSPS) is 10.9. The minimum absolute atomic E-state index is 0.0740. The molecule has 0 bridgehead atoms. The van der Waals surface area contributed by atoms with Crippen LogP contribution in [0.3, 0.4) is 0 Å². The van der Waals surface area contributed by atoms with Crippen LogP contribution in [0.5, 0.6) is 0 Å². The maximum atomic E-state index is 11.9. The average Bonchev–Trinajstić information content (AvgIpc) is 2.38. The van der Waals surface area contributed by atoms with E-state index in [1.165, 1.54) is 4.90 Å². The number of aliphatic carboxylic acids is 1. The molecule has 4 N–H and O–H groups in total. The third-order valence-corrected chi connectivity index (χ3v) is 2.78. The van der Waals surface area contributed by atoms with E-state index in [2.05, 4.69) is 9.97 Å². The van der Waals surface area contributed by atoms with E-state index in [1.54, 1.807) is 24.3 Å². The number of fused-ring (bicyclic) bond motifs is 1. The van der Waals surface area contributed by atoms with Crippen molar-refractivity contribution in [3.63, 3.8) is 0 Å². The summed E-state index contributed by atoms with van der Waals surface area (Å²) >= 11 is 0. The summed E-state index contributed by atoms with van der Waals surface area (Å²) in [6.07, 6.45) is 0. The highest BCUT2D eigenvalue weighted by Crippen LogP contribution is 2.07. The Balaban J connectivity index is 2.31. The third-order valence-electron chi connectivity index (χ3n) is 2.78. The second-order valence-electron chi connectivity index (χ2n) is 4.53. The second kappa shape index (κ2) is 6.14. The molecule has 110 valence electrons. The molecule has 1 heterocycles. The van der Waals surface area contributed by atoms with E-state index < -0.39 is 24.0 Å². The molecule has 2 aromatic rings. The van der Waals surface area contributed by atoms with Crippen LogP contribution in [-0.2, 0) is 16.1 Å². The number of carbonyl (C=O) groups is 2. The SMILES string of the molecule is NC(=O)CN(CC(=O)O)Cc1nc2ccccc2[nH]c1=O. The summed E-state index contributed by atoms with van der Waals surface area (Å²) in [5, 5.41) is 8.82. The zero-order valence-electron chi connectivity index (χ0n) is 11.1. The lowest BCUT2D eigenvalue weighted by Crippen LogP contribution is -2.38. The number of rotatable bonds is 6. The lowest BCUT2D eigenvalue weighted by molar-refractivity contribution is -0.138. The first-order valence-electron chi connectivity index (χ1n) is 6.16. The molecule has 0 radical (unpaired) electrons. The molecule has 21 heavy (non-hydrogen) atoms. The van der Waals surface area contributed by atoms with Gasteiger partial charge < -0.3 is 15.8 Å². The number of hydrogen-bond donors (Lipinski definition) is 3. The van der Waals surface area contributed by atoms with Crippen LogP contribution in [0.15, 0.2) is 29.1 Å². The standard InChI is InChI=1S/C13H14N4O4/c14-11(18)6-17(7-12(19)20)5-10-13(21)16-9-4-2-1-3-8(9)15-10/h1-4H,5-7H2,(H2,14,18)(H,16,21)(H,19,20). The van der Waals surface area contributed by atoms with Gasteiger partial charge in [0.05, 0.1) is 24.1 Å². The summed E-state index contributed by atoms with van der Waals surface area (Å²) < 4.78 is 0. The number of carbonyl (C=O) groups excluding carboxylic acids is 1. The number of hydrogen-bond acceptors (Lipinski definition) is 5. The van der Waals surface area contributed by atoms with Crippen LogP contribution in [-0.4, -0.2) is 44.9 Å². The maximum absolute atomic E-state index is 11.9. The second-order valence-corrected chi connectivity index (χ2v) is 4.53. The van der Waals surface area contributed by atoms with Gasteiger partial charge in [-0.05, 0) is 12.1 Å². The molecule has 1 amide bonds. The summed E-state index contributed by atoms with van der Waals surface area (Å²) in [6.45, 7) is -0.744. The van der Waals surface area contributed by atoms with Gasteiger partial charge in [-0.3, -0.25) is 19.3 Å². The number of H-pyrrole nitrogens is 1. The number of primary amides is 1. The molecule has 2 rings (SSSR count). The third kappa shape index (κ3) is 3.86. The first kappa shape index (κ1) is 14.7. The summed E-state index contributed by atoms with van der Waals surface area (Å²) in [7, 11) is 0. The number of carboxylic acid groups (broad SMARTS) is 1. The van der Waals surface area contributed by atoms with Gasteiger partial charge in [0, 0.05) is 6.54 Å². The predicted molar refractivity (Wildman–Crippen MR) is 74.5 cm³/mol. The molecule has 8 nitrogen and oxygen atoms in total. The van der Waals surface area contributed by atoms with Gasteiger partial charge in [-0.25, -0.2) is 4.98 Å². The molecule has 0 aliphatic heterocycles. The smallest absolute Gasteiger partial charge is 0.317 e. The Morgan fingerprint density at radius 1 is 1.29 bits per heavy atom. The summed E-state index contributed by atoms with van der Waals surface area (Å²) in [6, 6.07) is 6.98. The van der Waals surface area contributed by atoms with Crippen LogP contribution in [0, 0.1) is 0 Å². The molecule has 0 unspecified atom stereocenters. The Labute approximate surface area is 119 Å². The van der Waals surface area contributed by atoms with Crippen molar-refractivity contribution in [3.05, 3.63) is 40.3 Å². The predicted octanol–water partition coefficient (Wildman–Crippen LogP) is -0.705. The Morgan fingerprint density at radius 2 is 2.00 bits per heavy atom. The highest BCUT2D eigenvalue weighted by atomic mass is 16.4. The minimum atomic E-state index is -1.12. The Hall–Kier alpha value is -2.74. The fraction of sp³-hybridized carbons (Fsp3) is 0.231. The van der Waals surface area contributed by atoms with Gasteiger partial charge in [0.1, 0.15) is 5.69 Å². The van der Waals surface area contributed by atoms with Crippen LogP contribution < -0.4 is 11.3 Å². The fourth-order valence-corrected chi connectivity index (χ4v) is 1.97. The van der Waals surface area contributed by atoms with E-state index in [0.29, 0.717) is 11.0 Å². The topological polar surface area (TPSA) is 129 Å². The van der Waals surface area contributed by atoms with Crippen molar-refractivity contribution in [1.82, 2.24) is 14.9 Å². The molecular formula is C13H14N4O4. The Bertz CT molecular complexity index is 724. The first-order valence-corrected chi connectivity index (χ1v) is 6.16. The van der Waals surface area contributed by atoms with Crippen molar-refractivity contribution < 1.29 is 14.7 Å². The molecule has 0 atom stereocenters. The lowest BCUT2D eigenvalue weighted by atomic mass is 10.3. The van der Waals surface area contributed by atoms with Crippen LogP contribution in [0.1, 0.15) is 5.69 Å². The number of aromatic nitrogens is 2. The zero-order valence-corrected chi connectivity index (χ0v) is 11.1. The summed E-state index contributed by atoms with van der Waals surface area (Å²) in [5.41, 5.74) is 5.96. The number of aromatic amines is 1. The van der Waals surface area contributed by atoms with E-state index in [-0.39, 0.29) is 18.8 Å². The number of para-hydroxylation sites is 2. The molecule has 0 aliphatic carbocycles. The monoisotopic (exact) mass is 290 g/mol. The van der Waals surface area contributed by atoms with Gasteiger partial charge in [0.15, 0.2) is 0 Å². The molecule has 8 heteroatoms. The molecule has 0 aliphatic rings. The van der Waals surface area contributed by atoms with Crippen molar-refractivity contribution in [2.24, 2.45) is 5.73 Å². The average molecular weight is 290 g/mol.